The highest BCUT2D eigenvalue weighted by molar-refractivity contribution is 7.98. The second-order valence-electron chi connectivity index (χ2n) is 3.79. The molecule has 0 radical (unpaired) electrons. The first kappa shape index (κ1) is 12.5. The highest BCUT2D eigenvalue weighted by Gasteiger charge is 2.13. The van der Waals surface area contributed by atoms with Gasteiger partial charge >= 0.3 is 6.03 Å². The summed E-state index contributed by atoms with van der Waals surface area (Å²) in [6.07, 6.45) is 2.29. The van der Waals surface area contributed by atoms with Gasteiger partial charge in [-0.05, 0) is 49.1 Å². The van der Waals surface area contributed by atoms with E-state index in [0.717, 1.165) is 30.8 Å². The maximum absolute atomic E-state index is 11.5. The Hall–Kier alpha value is -0.910. The number of urea groups is 1. The van der Waals surface area contributed by atoms with E-state index in [1.807, 2.05) is 17.1 Å². The van der Waals surface area contributed by atoms with Gasteiger partial charge in [0.25, 0.3) is 0 Å². The molecule has 2 rings (SSSR count). The fourth-order valence-electron chi connectivity index (χ4n) is 1.60. The molecule has 1 aromatic carbocycles. The van der Waals surface area contributed by atoms with Crippen molar-refractivity contribution in [3.8, 4) is 0 Å². The predicted molar refractivity (Wildman–Crippen MR) is 69.8 cm³/mol. The van der Waals surface area contributed by atoms with Gasteiger partial charge in [0, 0.05) is 23.0 Å². The first-order chi connectivity index (χ1) is 8.24. The molecule has 0 bridgehead atoms. The van der Waals surface area contributed by atoms with Crippen molar-refractivity contribution in [3.63, 3.8) is 0 Å². The Kier molecular flexibility index (Phi) is 4.53. The van der Waals surface area contributed by atoms with E-state index < -0.39 is 0 Å². The molecule has 1 fully saturated rings. The van der Waals surface area contributed by atoms with Crippen molar-refractivity contribution in [2.24, 2.45) is 0 Å². The Morgan fingerprint density at radius 3 is 2.53 bits per heavy atom. The third kappa shape index (κ3) is 4.11. The highest BCUT2D eigenvalue weighted by Crippen LogP contribution is 2.17. The number of nitrogens with zero attached hydrogens (tertiary/aromatic N) is 1. The molecule has 1 aromatic rings. The largest absolute Gasteiger partial charge is 0.339 e. The van der Waals surface area contributed by atoms with Crippen LogP contribution in [0.2, 0.25) is 5.02 Å². The predicted octanol–water partition coefficient (Wildman–Crippen LogP) is 2.66. The van der Waals surface area contributed by atoms with Crippen LogP contribution in [0, 0.1) is 0 Å². The van der Waals surface area contributed by atoms with Gasteiger partial charge in [0.1, 0.15) is 0 Å². The lowest BCUT2D eigenvalue weighted by Crippen LogP contribution is -2.43. The van der Waals surface area contributed by atoms with Crippen LogP contribution in [0.3, 0.4) is 0 Å². The average Bonchev–Trinajstić information content (AvgIpc) is 2.81. The highest BCUT2D eigenvalue weighted by atomic mass is 35.5. The van der Waals surface area contributed by atoms with E-state index in [4.69, 9.17) is 11.6 Å². The van der Waals surface area contributed by atoms with Gasteiger partial charge in [-0.25, -0.2) is 9.80 Å². The van der Waals surface area contributed by atoms with Crippen molar-refractivity contribution in [1.29, 1.82) is 0 Å². The third-order valence-electron chi connectivity index (χ3n) is 2.44. The zero-order valence-electron chi connectivity index (χ0n) is 9.28. The molecule has 1 saturated heterocycles. The van der Waals surface area contributed by atoms with Crippen LogP contribution >= 0.6 is 23.5 Å². The topological polar surface area (TPSA) is 44.4 Å². The van der Waals surface area contributed by atoms with Crippen LogP contribution in [-0.2, 0) is 0 Å². The van der Waals surface area contributed by atoms with Crippen LogP contribution in [0.25, 0.3) is 0 Å². The van der Waals surface area contributed by atoms with Gasteiger partial charge < -0.3 is 0 Å². The van der Waals surface area contributed by atoms with Crippen molar-refractivity contribution in [1.82, 2.24) is 15.2 Å². The van der Waals surface area contributed by atoms with Gasteiger partial charge in [0.15, 0.2) is 0 Å². The van der Waals surface area contributed by atoms with Gasteiger partial charge in [-0.1, -0.05) is 11.6 Å². The molecule has 4 nitrogen and oxygen atoms in total. The van der Waals surface area contributed by atoms with Crippen molar-refractivity contribution in [2.75, 3.05) is 13.1 Å². The molecule has 0 aliphatic carbocycles. The minimum Gasteiger partial charge on any atom is -0.277 e. The van der Waals surface area contributed by atoms with Crippen LogP contribution in [0.5, 0.6) is 0 Å². The summed E-state index contributed by atoms with van der Waals surface area (Å²) in [5.74, 6) is 0. The quantitative estimate of drug-likeness (QED) is 0.831. The summed E-state index contributed by atoms with van der Waals surface area (Å²) in [7, 11) is 0. The molecule has 6 heteroatoms. The van der Waals surface area contributed by atoms with Gasteiger partial charge in [-0.3, -0.25) is 10.1 Å². The zero-order valence-corrected chi connectivity index (χ0v) is 10.9. The number of nitrogens with one attached hydrogen (secondary N) is 2. The second-order valence-corrected chi connectivity index (χ2v) is 5.11. The van der Waals surface area contributed by atoms with Crippen LogP contribution in [0.4, 0.5) is 4.79 Å². The molecule has 0 unspecified atom stereocenters. The van der Waals surface area contributed by atoms with Crippen molar-refractivity contribution in [2.45, 2.75) is 17.7 Å². The fourth-order valence-corrected chi connectivity index (χ4v) is 2.26. The average molecular weight is 272 g/mol. The van der Waals surface area contributed by atoms with Crippen LogP contribution in [0.15, 0.2) is 29.2 Å². The van der Waals surface area contributed by atoms with E-state index in [0.29, 0.717) is 5.02 Å². The van der Waals surface area contributed by atoms with E-state index >= 15 is 0 Å². The Labute approximate surface area is 110 Å². The molecular weight excluding hydrogens is 258 g/mol. The third-order valence-corrected chi connectivity index (χ3v) is 3.49. The Bertz CT molecular complexity index is 379. The molecule has 2 N–H and O–H groups in total. The van der Waals surface area contributed by atoms with Crippen LogP contribution in [0.1, 0.15) is 12.8 Å². The lowest BCUT2D eigenvalue weighted by atomic mass is 10.4. The maximum atomic E-state index is 11.5. The molecule has 0 aromatic heterocycles. The molecule has 1 aliphatic heterocycles. The molecular formula is C11H14ClN3OS. The Balaban J connectivity index is 1.73. The molecule has 0 atom stereocenters. The first-order valence-corrected chi connectivity index (χ1v) is 6.67. The van der Waals surface area contributed by atoms with E-state index in [1.165, 1.54) is 11.9 Å². The lowest BCUT2D eigenvalue weighted by Gasteiger charge is -2.16. The zero-order chi connectivity index (χ0) is 12.1. The standard InChI is InChI=1S/C11H14ClN3OS/c12-9-3-5-10(6-4-9)17-14-11(16)13-15-7-1-2-8-15/h3-6H,1-2,7-8H2,(H2,13,14,16). The van der Waals surface area contributed by atoms with Gasteiger partial charge in [-0.15, -0.1) is 0 Å². The van der Waals surface area contributed by atoms with Crippen molar-refractivity contribution < 1.29 is 4.79 Å². The summed E-state index contributed by atoms with van der Waals surface area (Å²) >= 11 is 7.05. The summed E-state index contributed by atoms with van der Waals surface area (Å²) in [5.41, 5.74) is 2.80. The molecule has 2 amide bonds. The number of halogens is 1. The normalized spacial score (nSPS) is 15.8. The molecule has 1 heterocycles. The summed E-state index contributed by atoms with van der Waals surface area (Å²) in [6, 6.07) is 7.13. The number of hydrogen-bond acceptors (Lipinski definition) is 3. The summed E-state index contributed by atoms with van der Waals surface area (Å²) < 4.78 is 2.73. The summed E-state index contributed by atoms with van der Waals surface area (Å²) in [5, 5.41) is 2.62. The summed E-state index contributed by atoms with van der Waals surface area (Å²) in [4.78, 5) is 12.5. The number of amides is 2. The van der Waals surface area contributed by atoms with E-state index in [1.54, 1.807) is 12.1 Å². The van der Waals surface area contributed by atoms with Crippen molar-refractivity contribution >= 4 is 29.6 Å². The minimum absolute atomic E-state index is 0.188. The molecule has 0 saturated carbocycles. The van der Waals surface area contributed by atoms with Gasteiger partial charge in [0.2, 0.25) is 0 Å². The first-order valence-electron chi connectivity index (χ1n) is 5.48. The minimum atomic E-state index is -0.188. The van der Waals surface area contributed by atoms with Crippen LogP contribution < -0.4 is 10.1 Å². The smallest absolute Gasteiger partial charge is 0.277 e. The monoisotopic (exact) mass is 271 g/mol. The molecule has 17 heavy (non-hydrogen) atoms. The number of benzene rings is 1. The molecule has 92 valence electrons. The van der Waals surface area contributed by atoms with E-state index in [2.05, 4.69) is 10.1 Å². The number of carbonyl (C=O) groups excluding carboxylic acids is 1. The number of carbonyl (C=O) groups is 1. The maximum Gasteiger partial charge on any atom is 0.339 e. The van der Waals surface area contributed by atoms with Crippen LogP contribution in [-0.4, -0.2) is 24.1 Å². The Morgan fingerprint density at radius 2 is 1.88 bits per heavy atom. The SMILES string of the molecule is O=C(NSc1ccc(Cl)cc1)NN1CCCC1. The van der Waals surface area contributed by atoms with Gasteiger partial charge in [0.05, 0.1) is 0 Å². The number of hydrazine groups is 1. The van der Waals surface area contributed by atoms with E-state index in [-0.39, 0.29) is 6.03 Å². The second kappa shape index (κ2) is 6.14. The molecule has 0 spiro atoms. The molecule has 1 aliphatic rings. The van der Waals surface area contributed by atoms with E-state index in [9.17, 15) is 4.79 Å². The number of rotatable bonds is 3. The lowest BCUT2D eigenvalue weighted by molar-refractivity contribution is 0.203. The fraction of sp³-hybridized carbons (Fsp3) is 0.364. The summed E-state index contributed by atoms with van der Waals surface area (Å²) in [6.45, 7) is 1.86. The van der Waals surface area contributed by atoms with Crippen molar-refractivity contribution in [3.05, 3.63) is 29.3 Å². The number of hydrogen-bond donors (Lipinski definition) is 2. The Morgan fingerprint density at radius 1 is 1.24 bits per heavy atom. The van der Waals surface area contributed by atoms with Gasteiger partial charge in [-0.2, -0.15) is 0 Å².